The Labute approximate surface area is 152 Å². The molecule has 3 nitrogen and oxygen atoms in total. The third-order valence-corrected chi connectivity index (χ3v) is 4.91. The minimum Gasteiger partial charge on any atom is -0.256 e. The maximum Gasteiger partial charge on any atom is 0.161 e. The highest BCUT2D eigenvalue weighted by molar-refractivity contribution is 7.13. The lowest BCUT2D eigenvalue weighted by molar-refractivity contribution is 0.635. The Bertz CT molecular complexity index is 1020. The van der Waals surface area contributed by atoms with E-state index in [1.165, 1.54) is 17.4 Å². The van der Waals surface area contributed by atoms with Crippen LogP contribution in [0.15, 0.2) is 66.2 Å². The fraction of sp³-hybridized carbons (Fsp3) is 0. The second-order valence-electron chi connectivity index (χ2n) is 5.27. The molecule has 0 spiro atoms. The molecule has 0 N–H and O–H groups in total. The summed E-state index contributed by atoms with van der Waals surface area (Å²) in [4.78, 5) is 4.83. The summed E-state index contributed by atoms with van der Waals surface area (Å²) >= 11 is 7.66. The summed E-state index contributed by atoms with van der Waals surface area (Å²) in [5, 5.41) is 10.2. The molecule has 0 aliphatic heterocycles. The summed E-state index contributed by atoms with van der Waals surface area (Å²) < 4.78 is 14.3. The predicted octanol–water partition coefficient (Wildman–Crippen LogP) is 5.73. The first-order chi connectivity index (χ1) is 12.3. The lowest BCUT2D eigenvalue weighted by Gasteiger charge is -2.14. The Morgan fingerprint density at radius 3 is 2.36 bits per heavy atom. The molecule has 0 saturated carbocycles. The molecular weight excluding hydrogens is 357 g/mol. The van der Waals surface area contributed by atoms with Crippen LogP contribution in [0.2, 0.25) is 5.15 Å². The fourth-order valence-corrected chi connectivity index (χ4v) is 3.66. The van der Waals surface area contributed by atoms with E-state index in [-0.39, 0.29) is 11.0 Å². The summed E-state index contributed by atoms with van der Waals surface area (Å²) in [6, 6.07) is 16.6. The Morgan fingerprint density at radius 2 is 1.68 bits per heavy atom. The van der Waals surface area contributed by atoms with Gasteiger partial charge in [0.1, 0.15) is 11.5 Å². The number of thiophene rings is 1. The van der Waals surface area contributed by atoms with Crippen LogP contribution < -0.4 is 0 Å². The second-order valence-corrected chi connectivity index (χ2v) is 6.54. The van der Waals surface area contributed by atoms with Gasteiger partial charge in [-0.1, -0.05) is 48.0 Å². The van der Waals surface area contributed by atoms with Crippen molar-refractivity contribution in [1.82, 2.24) is 15.2 Å². The molecule has 4 aromatic rings. The highest BCUT2D eigenvalue weighted by Gasteiger charge is 2.22. The van der Waals surface area contributed by atoms with Crippen molar-refractivity contribution >= 4 is 22.9 Å². The van der Waals surface area contributed by atoms with Crippen LogP contribution in [0.5, 0.6) is 0 Å². The van der Waals surface area contributed by atoms with Gasteiger partial charge in [-0.2, -0.15) is 0 Å². The molecule has 0 radical (unpaired) electrons. The summed E-state index contributed by atoms with van der Waals surface area (Å²) in [6.45, 7) is 0. The van der Waals surface area contributed by atoms with Crippen LogP contribution in [-0.2, 0) is 0 Å². The van der Waals surface area contributed by atoms with Gasteiger partial charge in [0.2, 0.25) is 0 Å². The van der Waals surface area contributed by atoms with Gasteiger partial charge in [0.25, 0.3) is 0 Å². The molecule has 25 heavy (non-hydrogen) atoms. The fourth-order valence-electron chi connectivity index (χ4n) is 2.67. The van der Waals surface area contributed by atoms with E-state index in [1.54, 1.807) is 11.6 Å². The zero-order valence-electron chi connectivity index (χ0n) is 12.9. The maximum absolute atomic E-state index is 14.3. The summed E-state index contributed by atoms with van der Waals surface area (Å²) in [5.41, 5.74) is 3.37. The first-order valence-electron chi connectivity index (χ1n) is 7.52. The standard InChI is InChI=1S/C19H11ClFN3S/c20-19-16(14-8-4-5-10-22-14)15(12-6-2-1-3-7-12)17(23-24-19)18-13(21)9-11-25-18/h1-11H. The second kappa shape index (κ2) is 6.70. The molecule has 0 fully saturated rings. The highest BCUT2D eigenvalue weighted by atomic mass is 35.5. The number of hydrogen-bond acceptors (Lipinski definition) is 4. The smallest absolute Gasteiger partial charge is 0.161 e. The average Bonchev–Trinajstić information content (AvgIpc) is 3.08. The van der Waals surface area contributed by atoms with E-state index in [0.717, 1.165) is 11.1 Å². The number of aromatic nitrogens is 3. The molecule has 0 aliphatic carbocycles. The van der Waals surface area contributed by atoms with Gasteiger partial charge in [-0.05, 0) is 29.1 Å². The summed E-state index contributed by atoms with van der Waals surface area (Å²) in [5.74, 6) is -0.328. The van der Waals surface area contributed by atoms with Gasteiger partial charge in [0.05, 0.1) is 10.6 Å². The maximum atomic E-state index is 14.3. The Balaban J connectivity index is 2.09. The molecule has 0 aliphatic rings. The van der Waals surface area contributed by atoms with E-state index >= 15 is 0 Å². The van der Waals surface area contributed by atoms with Crippen molar-refractivity contribution in [1.29, 1.82) is 0 Å². The summed E-state index contributed by atoms with van der Waals surface area (Å²) in [6.07, 6.45) is 1.69. The van der Waals surface area contributed by atoms with Gasteiger partial charge in [-0.15, -0.1) is 21.5 Å². The quantitative estimate of drug-likeness (QED) is 0.464. The van der Waals surface area contributed by atoms with Gasteiger partial charge in [-0.25, -0.2) is 4.39 Å². The van der Waals surface area contributed by atoms with E-state index in [0.29, 0.717) is 21.8 Å². The first kappa shape index (κ1) is 15.9. The van der Waals surface area contributed by atoms with Crippen LogP contribution in [0.25, 0.3) is 33.0 Å². The van der Waals surface area contributed by atoms with E-state index < -0.39 is 0 Å². The number of nitrogens with zero attached hydrogens (tertiary/aromatic N) is 3. The summed E-state index contributed by atoms with van der Waals surface area (Å²) in [7, 11) is 0. The van der Waals surface area contributed by atoms with Crippen LogP contribution in [0.4, 0.5) is 4.39 Å². The number of benzene rings is 1. The first-order valence-corrected chi connectivity index (χ1v) is 8.78. The molecule has 0 atom stereocenters. The van der Waals surface area contributed by atoms with Crippen LogP contribution in [0.1, 0.15) is 0 Å². The molecular formula is C19H11ClFN3S. The minimum atomic E-state index is -0.328. The zero-order valence-corrected chi connectivity index (χ0v) is 14.4. The highest BCUT2D eigenvalue weighted by Crippen LogP contribution is 2.42. The number of hydrogen-bond donors (Lipinski definition) is 0. The number of halogens is 2. The Hall–Kier alpha value is -2.63. The molecule has 0 saturated heterocycles. The molecule has 4 rings (SSSR count). The largest absolute Gasteiger partial charge is 0.256 e. The van der Waals surface area contributed by atoms with Crippen molar-refractivity contribution in [2.75, 3.05) is 0 Å². The van der Waals surface area contributed by atoms with Gasteiger partial charge >= 0.3 is 0 Å². The van der Waals surface area contributed by atoms with Crippen molar-refractivity contribution < 1.29 is 4.39 Å². The monoisotopic (exact) mass is 367 g/mol. The lowest BCUT2D eigenvalue weighted by atomic mass is 9.96. The van der Waals surface area contributed by atoms with Crippen LogP contribution >= 0.6 is 22.9 Å². The van der Waals surface area contributed by atoms with Gasteiger partial charge in [0, 0.05) is 17.3 Å². The molecule has 0 bridgehead atoms. The van der Waals surface area contributed by atoms with E-state index in [9.17, 15) is 4.39 Å². The molecule has 3 aromatic heterocycles. The predicted molar refractivity (Wildman–Crippen MR) is 99.0 cm³/mol. The van der Waals surface area contributed by atoms with Crippen LogP contribution in [0, 0.1) is 5.82 Å². The number of rotatable bonds is 3. The number of pyridine rings is 1. The lowest BCUT2D eigenvalue weighted by Crippen LogP contribution is -1.99. The van der Waals surface area contributed by atoms with Crippen molar-refractivity contribution in [2.24, 2.45) is 0 Å². The van der Waals surface area contributed by atoms with Crippen molar-refractivity contribution in [2.45, 2.75) is 0 Å². The molecule has 0 unspecified atom stereocenters. The van der Waals surface area contributed by atoms with Crippen molar-refractivity contribution in [3.8, 4) is 33.0 Å². The third kappa shape index (κ3) is 2.92. The van der Waals surface area contributed by atoms with Crippen LogP contribution in [-0.4, -0.2) is 15.2 Å². The molecule has 1 aromatic carbocycles. The Morgan fingerprint density at radius 1 is 0.880 bits per heavy atom. The van der Waals surface area contributed by atoms with E-state index in [2.05, 4.69) is 15.2 Å². The minimum absolute atomic E-state index is 0.235. The average molecular weight is 368 g/mol. The van der Waals surface area contributed by atoms with Gasteiger partial charge in [0.15, 0.2) is 5.15 Å². The molecule has 6 heteroatoms. The van der Waals surface area contributed by atoms with E-state index in [4.69, 9.17) is 11.6 Å². The van der Waals surface area contributed by atoms with Gasteiger partial charge < -0.3 is 0 Å². The van der Waals surface area contributed by atoms with E-state index in [1.807, 2.05) is 48.5 Å². The Kier molecular flexibility index (Phi) is 4.26. The normalized spacial score (nSPS) is 10.8. The molecule has 3 heterocycles. The SMILES string of the molecule is Fc1ccsc1-c1nnc(Cl)c(-c2ccccn2)c1-c1ccccc1. The third-order valence-electron chi connectivity index (χ3n) is 3.75. The van der Waals surface area contributed by atoms with Gasteiger partial charge in [-0.3, -0.25) is 4.98 Å². The van der Waals surface area contributed by atoms with Crippen molar-refractivity contribution in [3.05, 3.63) is 77.1 Å². The van der Waals surface area contributed by atoms with Crippen molar-refractivity contribution in [3.63, 3.8) is 0 Å². The van der Waals surface area contributed by atoms with Crippen LogP contribution in [0.3, 0.4) is 0 Å². The zero-order chi connectivity index (χ0) is 17.2. The molecule has 122 valence electrons. The topological polar surface area (TPSA) is 38.7 Å². The molecule has 0 amide bonds.